The van der Waals surface area contributed by atoms with E-state index in [2.05, 4.69) is 16.0 Å². The van der Waals surface area contributed by atoms with Crippen molar-refractivity contribution in [2.24, 2.45) is 11.7 Å². The van der Waals surface area contributed by atoms with E-state index >= 15 is 0 Å². The van der Waals surface area contributed by atoms with Gasteiger partial charge in [0.15, 0.2) is 0 Å². The third-order valence-electron chi connectivity index (χ3n) is 5.14. The minimum absolute atomic E-state index is 0.191. The van der Waals surface area contributed by atoms with Crippen LogP contribution >= 0.6 is 0 Å². The molecule has 0 spiro atoms. The number of aliphatic carboxylic acids is 1. The summed E-state index contributed by atoms with van der Waals surface area (Å²) in [5.41, 5.74) is 5.61. The minimum atomic E-state index is -1.35. The van der Waals surface area contributed by atoms with Gasteiger partial charge in [-0.25, -0.2) is 9.18 Å². The second-order valence-electron chi connectivity index (χ2n) is 7.89. The Morgan fingerprint density at radius 2 is 1.65 bits per heavy atom. The van der Waals surface area contributed by atoms with E-state index in [9.17, 15) is 33.5 Å². The fraction of sp³-hybridized carbons (Fsp3) is 0.435. The molecule has 0 saturated heterocycles. The number of carbonyl (C=O) groups is 5. The number of amides is 4. The molecule has 1 rings (SSSR count). The van der Waals surface area contributed by atoms with Crippen LogP contribution in [0.25, 0.3) is 6.08 Å². The molecule has 0 aliphatic heterocycles. The monoisotopic (exact) mass is 478 g/mol. The Morgan fingerprint density at radius 1 is 1.03 bits per heavy atom. The third-order valence-corrected chi connectivity index (χ3v) is 5.14. The predicted molar refractivity (Wildman–Crippen MR) is 122 cm³/mol. The Kier molecular flexibility index (Phi) is 11.4. The van der Waals surface area contributed by atoms with E-state index in [-0.39, 0.29) is 18.8 Å². The summed E-state index contributed by atoms with van der Waals surface area (Å²) in [5, 5.41) is 16.5. The molecule has 0 aromatic heterocycles. The molecule has 0 bridgehead atoms. The summed E-state index contributed by atoms with van der Waals surface area (Å²) in [6.45, 7) is 4.95. The number of nitrogens with one attached hydrogen (secondary N) is 3. The number of hydrogen-bond donors (Lipinski definition) is 5. The van der Waals surface area contributed by atoms with Crippen molar-refractivity contribution in [3.8, 4) is 0 Å². The highest BCUT2D eigenvalue weighted by molar-refractivity contribution is 5.97. The summed E-state index contributed by atoms with van der Waals surface area (Å²) < 4.78 is 13.0. The standard InChI is InChI=1S/C23H31FN4O6/c1-4-13(2)20(28-19(30)12-7-15-5-8-16(24)9-6-15)22(32)26-14(3)21(31)27-17(23(33)34)10-11-18(25)29/h5-9,12-14,17,20H,4,10-11H2,1-3H3,(H2,25,29)(H,26,32)(H,27,31)(H,28,30)(H,33,34)/b12-7+/t13-,14-,17-,20-/m0/s1. The van der Waals surface area contributed by atoms with Gasteiger partial charge in [-0.2, -0.15) is 0 Å². The fourth-order valence-electron chi connectivity index (χ4n) is 2.86. The molecular formula is C23H31FN4O6. The van der Waals surface area contributed by atoms with E-state index in [0.717, 1.165) is 0 Å². The van der Waals surface area contributed by atoms with Gasteiger partial charge in [0.2, 0.25) is 23.6 Å². The summed E-state index contributed by atoms with van der Waals surface area (Å²) in [4.78, 5) is 59.7. The van der Waals surface area contributed by atoms with Crippen molar-refractivity contribution in [3.63, 3.8) is 0 Å². The second kappa shape index (κ2) is 13.7. The van der Waals surface area contributed by atoms with Gasteiger partial charge >= 0.3 is 5.97 Å². The predicted octanol–water partition coefficient (Wildman–Crippen LogP) is 0.709. The van der Waals surface area contributed by atoms with Gasteiger partial charge < -0.3 is 26.8 Å². The molecule has 0 saturated carbocycles. The van der Waals surface area contributed by atoms with Crippen molar-refractivity contribution in [1.29, 1.82) is 0 Å². The van der Waals surface area contributed by atoms with Gasteiger partial charge in [-0.3, -0.25) is 19.2 Å². The molecule has 11 heteroatoms. The van der Waals surface area contributed by atoms with Crippen molar-refractivity contribution in [2.45, 2.75) is 58.2 Å². The van der Waals surface area contributed by atoms with Crippen LogP contribution in [0.1, 0.15) is 45.6 Å². The number of primary amides is 1. The van der Waals surface area contributed by atoms with E-state index in [1.807, 2.05) is 6.92 Å². The lowest BCUT2D eigenvalue weighted by Gasteiger charge is -2.25. The SMILES string of the molecule is CC[C@H](C)[C@H](NC(=O)/C=C/c1ccc(F)cc1)C(=O)N[C@@H](C)C(=O)N[C@@H](CCC(N)=O)C(=O)O. The summed E-state index contributed by atoms with van der Waals surface area (Å²) in [7, 11) is 0. The number of carboxylic acids is 1. The summed E-state index contributed by atoms with van der Waals surface area (Å²) in [6.07, 6.45) is 2.81. The first-order valence-electron chi connectivity index (χ1n) is 10.8. The molecule has 1 aromatic rings. The average Bonchev–Trinajstić information content (AvgIpc) is 2.78. The largest absolute Gasteiger partial charge is 0.480 e. The summed E-state index contributed by atoms with van der Waals surface area (Å²) in [6, 6.07) is 2.07. The number of rotatable bonds is 13. The van der Waals surface area contributed by atoms with Crippen LogP contribution in [0.4, 0.5) is 4.39 Å². The molecule has 0 aliphatic carbocycles. The van der Waals surface area contributed by atoms with E-state index < -0.39 is 53.5 Å². The maximum atomic E-state index is 13.0. The van der Waals surface area contributed by atoms with Crippen LogP contribution in [0, 0.1) is 11.7 Å². The van der Waals surface area contributed by atoms with E-state index in [4.69, 9.17) is 5.73 Å². The molecule has 0 unspecified atom stereocenters. The molecule has 10 nitrogen and oxygen atoms in total. The van der Waals surface area contributed by atoms with Crippen molar-refractivity contribution in [2.75, 3.05) is 0 Å². The Balaban J connectivity index is 2.78. The number of carboxylic acid groups (broad SMARTS) is 1. The molecular weight excluding hydrogens is 447 g/mol. The molecule has 0 radical (unpaired) electrons. The highest BCUT2D eigenvalue weighted by Gasteiger charge is 2.29. The van der Waals surface area contributed by atoms with Gasteiger partial charge in [-0.05, 0) is 43.0 Å². The number of halogens is 1. The van der Waals surface area contributed by atoms with Gasteiger partial charge in [0.1, 0.15) is 23.9 Å². The topological polar surface area (TPSA) is 168 Å². The highest BCUT2D eigenvalue weighted by atomic mass is 19.1. The molecule has 4 amide bonds. The Hall–Kier alpha value is -3.76. The molecule has 0 fully saturated rings. The molecule has 34 heavy (non-hydrogen) atoms. The van der Waals surface area contributed by atoms with Gasteiger partial charge in [-0.15, -0.1) is 0 Å². The second-order valence-corrected chi connectivity index (χ2v) is 7.89. The summed E-state index contributed by atoms with van der Waals surface area (Å²) in [5.74, 6) is -4.68. The number of hydrogen-bond acceptors (Lipinski definition) is 5. The van der Waals surface area contributed by atoms with Crippen molar-refractivity contribution < 1.29 is 33.5 Å². The maximum Gasteiger partial charge on any atom is 0.326 e. The first kappa shape index (κ1) is 28.3. The highest BCUT2D eigenvalue weighted by Crippen LogP contribution is 2.10. The molecule has 4 atom stereocenters. The zero-order chi connectivity index (χ0) is 25.8. The fourth-order valence-corrected chi connectivity index (χ4v) is 2.86. The van der Waals surface area contributed by atoms with Crippen LogP contribution in [0.15, 0.2) is 30.3 Å². The lowest BCUT2D eigenvalue weighted by Crippen LogP contribution is -2.56. The van der Waals surface area contributed by atoms with Gasteiger partial charge in [-0.1, -0.05) is 32.4 Å². The number of nitrogens with two attached hydrogens (primary N) is 1. The number of benzene rings is 1. The summed E-state index contributed by atoms with van der Waals surface area (Å²) >= 11 is 0. The molecule has 0 aliphatic rings. The van der Waals surface area contributed by atoms with E-state index in [0.29, 0.717) is 12.0 Å². The van der Waals surface area contributed by atoms with E-state index in [1.165, 1.54) is 43.3 Å². The van der Waals surface area contributed by atoms with Gasteiger partial charge in [0, 0.05) is 12.5 Å². The minimum Gasteiger partial charge on any atom is -0.480 e. The van der Waals surface area contributed by atoms with Crippen LogP contribution in [-0.4, -0.2) is 52.8 Å². The zero-order valence-corrected chi connectivity index (χ0v) is 19.3. The maximum absolute atomic E-state index is 13.0. The van der Waals surface area contributed by atoms with Crippen molar-refractivity contribution >= 4 is 35.7 Å². The quantitative estimate of drug-likeness (QED) is 0.262. The smallest absolute Gasteiger partial charge is 0.326 e. The van der Waals surface area contributed by atoms with Crippen LogP contribution in [0.2, 0.25) is 0 Å². The van der Waals surface area contributed by atoms with Crippen LogP contribution in [0.5, 0.6) is 0 Å². The molecule has 6 N–H and O–H groups in total. The Morgan fingerprint density at radius 3 is 2.18 bits per heavy atom. The first-order valence-corrected chi connectivity index (χ1v) is 10.8. The van der Waals surface area contributed by atoms with Gasteiger partial charge in [0.05, 0.1) is 0 Å². The molecule has 1 aromatic carbocycles. The number of carbonyl (C=O) groups excluding carboxylic acids is 4. The molecule has 0 heterocycles. The van der Waals surface area contributed by atoms with Crippen LogP contribution in [-0.2, 0) is 24.0 Å². The lowest BCUT2D eigenvalue weighted by atomic mass is 9.98. The van der Waals surface area contributed by atoms with E-state index in [1.54, 1.807) is 6.92 Å². The van der Waals surface area contributed by atoms with Crippen LogP contribution < -0.4 is 21.7 Å². The normalized spacial score (nSPS) is 14.5. The van der Waals surface area contributed by atoms with Crippen LogP contribution in [0.3, 0.4) is 0 Å². The third kappa shape index (κ3) is 9.80. The van der Waals surface area contributed by atoms with Crippen molar-refractivity contribution in [1.82, 2.24) is 16.0 Å². The Bertz CT molecular complexity index is 919. The first-order chi connectivity index (χ1) is 15.9. The average molecular weight is 479 g/mol. The molecule has 186 valence electrons. The Labute approximate surface area is 197 Å². The van der Waals surface area contributed by atoms with Crippen molar-refractivity contribution in [3.05, 3.63) is 41.7 Å². The lowest BCUT2D eigenvalue weighted by molar-refractivity contribution is -0.142. The van der Waals surface area contributed by atoms with Gasteiger partial charge in [0.25, 0.3) is 0 Å². The zero-order valence-electron chi connectivity index (χ0n) is 19.3.